The van der Waals surface area contributed by atoms with Crippen molar-refractivity contribution in [2.24, 2.45) is 0 Å². The van der Waals surface area contributed by atoms with Gasteiger partial charge in [-0.05, 0) is 30.7 Å². The van der Waals surface area contributed by atoms with Crippen LogP contribution in [-0.4, -0.2) is 19.7 Å². The van der Waals surface area contributed by atoms with Crippen molar-refractivity contribution < 1.29 is 0 Å². The Morgan fingerprint density at radius 2 is 2.04 bits per heavy atom. The van der Waals surface area contributed by atoms with Crippen molar-refractivity contribution >= 4 is 45.7 Å². The third kappa shape index (κ3) is 3.56. The summed E-state index contributed by atoms with van der Waals surface area (Å²) in [6.45, 7) is 2.92. The maximum atomic E-state index is 6.16. The van der Waals surface area contributed by atoms with Crippen molar-refractivity contribution in [1.82, 2.24) is 19.7 Å². The van der Waals surface area contributed by atoms with Crippen LogP contribution >= 0.6 is 34.7 Å². The lowest BCUT2D eigenvalue weighted by molar-refractivity contribution is 0.746. The molecule has 0 amide bonds. The highest BCUT2D eigenvalue weighted by atomic mass is 35.5. The molecule has 0 saturated carbocycles. The number of nitrogens with zero attached hydrogens (tertiary/aromatic N) is 4. The quantitative estimate of drug-likeness (QED) is 0.428. The minimum Gasteiger partial charge on any atom is -0.323 e. The van der Waals surface area contributed by atoms with E-state index in [1.807, 2.05) is 24.3 Å². The van der Waals surface area contributed by atoms with E-state index in [0.29, 0.717) is 5.02 Å². The van der Waals surface area contributed by atoms with Gasteiger partial charge in [0.05, 0.1) is 16.3 Å². The van der Waals surface area contributed by atoms with Crippen molar-refractivity contribution in [3.8, 4) is 0 Å². The molecule has 0 aliphatic heterocycles. The molecule has 0 spiro atoms. The minimum atomic E-state index is 0.155. The lowest BCUT2D eigenvalue weighted by atomic mass is 10.2. The summed E-state index contributed by atoms with van der Waals surface area (Å²) in [4.78, 5) is 4.86. The lowest BCUT2D eigenvalue weighted by Gasteiger charge is -2.13. The van der Waals surface area contributed by atoms with Crippen LogP contribution < -0.4 is 0 Å². The molecule has 4 rings (SSSR count). The summed E-state index contributed by atoms with van der Waals surface area (Å²) in [5.74, 6) is 1.02. The van der Waals surface area contributed by atoms with Crippen molar-refractivity contribution in [2.75, 3.05) is 0 Å². The monoisotopic (exact) mass is 386 g/mol. The predicted molar refractivity (Wildman–Crippen MR) is 104 cm³/mol. The maximum Gasteiger partial charge on any atom is 0.174 e. The molecule has 2 heterocycles. The fourth-order valence-electron chi connectivity index (χ4n) is 2.78. The predicted octanol–water partition coefficient (Wildman–Crippen LogP) is 5.44. The summed E-state index contributed by atoms with van der Waals surface area (Å²) in [6.07, 6.45) is 0. The van der Waals surface area contributed by atoms with Crippen LogP contribution in [0, 0.1) is 0 Å². The van der Waals surface area contributed by atoms with Crippen LogP contribution in [0.4, 0.5) is 0 Å². The molecule has 25 heavy (non-hydrogen) atoms. The molecule has 4 aromatic rings. The van der Waals surface area contributed by atoms with Gasteiger partial charge in [0, 0.05) is 11.6 Å². The highest BCUT2D eigenvalue weighted by molar-refractivity contribution is 8.01. The Labute approximate surface area is 158 Å². The van der Waals surface area contributed by atoms with Gasteiger partial charge in [0.1, 0.15) is 11.3 Å². The number of imidazole rings is 1. The molecule has 0 bridgehead atoms. The summed E-state index contributed by atoms with van der Waals surface area (Å²) < 4.78 is 3.21. The Hall–Kier alpha value is -1.89. The number of hydrogen-bond acceptors (Lipinski definition) is 5. The first-order chi connectivity index (χ1) is 12.2. The first kappa shape index (κ1) is 16.6. The van der Waals surface area contributed by atoms with Gasteiger partial charge in [-0.15, -0.1) is 10.2 Å². The van der Waals surface area contributed by atoms with Crippen LogP contribution in [0.1, 0.15) is 23.6 Å². The zero-order chi connectivity index (χ0) is 17.2. The Bertz CT molecular complexity index is 983. The molecular formula is C18H15ClN4S2. The molecule has 1 unspecified atom stereocenters. The van der Waals surface area contributed by atoms with Crippen molar-refractivity contribution in [3.05, 3.63) is 70.5 Å². The number of rotatable bonds is 5. The lowest BCUT2D eigenvalue weighted by Crippen LogP contribution is -2.06. The van der Waals surface area contributed by atoms with Crippen molar-refractivity contribution in [1.29, 1.82) is 0 Å². The standard InChI is InChI=1S/C18H15ClN4S2/c1-12(25-18-22-20-11-24-18)17-21-15-9-14(19)7-8-16(15)23(17)10-13-5-3-2-4-6-13/h2-9,11-12H,10H2,1H3. The molecule has 0 N–H and O–H groups in total. The first-order valence-corrected chi connectivity index (χ1v) is 9.97. The number of thioether (sulfide) groups is 1. The number of fused-ring (bicyclic) bond motifs is 1. The normalized spacial score (nSPS) is 12.6. The topological polar surface area (TPSA) is 43.6 Å². The van der Waals surface area contributed by atoms with E-state index < -0.39 is 0 Å². The molecule has 0 aliphatic rings. The fourth-order valence-corrected chi connectivity index (χ4v) is 4.69. The summed E-state index contributed by atoms with van der Waals surface area (Å²) in [7, 11) is 0. The Morgan fingerprint density at radius 1 is 1.20 bits per heavy atom. The third-order valence-corrected chi connectivity index (χ3v) is 6.05. The summed E-state index contributed by atoms with van der Waals surface area (Å²) in [5.41, 5.74) is 5.00. The van der Waals surface area contributed by atoms with Crippen LogP contribution in [0.5, 0.6) is 0 Å². The zero-order valence-electron chi connectivity index (χ0n) is 13.5. The molecule has 7 heteroatoms. The smallest absolute Gasteiger partial charge is 0.174 e. The molecule has 0 fully saturated rings. The highest BCUT2D eigenvalue weighted by Gasteiger charge is 2.19. The van der Waals surface area contributed by atoms with Crippen LogP contribution in [0.2, 0.25) is 5.02 Å². The van der Waals surface area contributed by atoms with Crippen LogP contribution in [0.25, 0.3) is 11.0 Å². The van der Waals surface area contributed by atoms with E-state index in [0.717, 1.165) is 27.7 Å². The molecule has 1 atom stereocenters. The molecule has 2 aromatic heterocycles. The van der Waals surface area contributed by atoms with Gasteiger partial charge < -0.3 is 4.57 Å². The highest BCUT2D eigenvalue weighted by Crippen LogP contribution is 2.36. The number of halogens is 1. The van der Waals surface area contributed by atoms with Gasteiger partial charge in [-0.1, -0.05) is 65.0 Å². The second-order valence-electron chi connectivity index (χ2n) is 5.64. The van der Waals surface area contributed by atoms with E-state index in [1.54, 1.807) is 28.6 Å². The van der Waals surface area contributed by atoms with Gasteiger partial charge >= 0.3 is 0 Å². The van der Waals surface area contributed by atoms with E-state index in [9.17, 15) is 0 Å². The van der Waals surface area contributed by atoms with Crippen LogP contribution in [0.3, 0.4) is 0 Å². The molecule has 2 aromatic carbocycles. The minimum absolute atomic E-state index is 0.155. The van der Waals surface area contributed by atoms with E-state index in [2.05, 4.69) is 46.0 Å². The van der Waals surface area contributed by atoms with E-state index in [-0.39, 0.29) is 5.25 Å². The number of hydrogen-bond donors (Lipinski definition) is 0. The molecule has 0 radical (unpaired) electrons. The largest absolute Gasteiger partial charge is 0.323 e. The Balaban J connectivity index is 1.77. The number of benzene rings is 2. The third-order valence-electron chi connectivity index (χ3n) is 3.90. The second-order valence-corrected chi connectivity index (χ2v) is 8.50. The van der Waals surface area contributed by atoms with Crippen molar-refractivity contribution in [3.63, 3.8) is 0 Å². The van der Waals surface area contributed by atoms with E-state index in [4.69, 9.17) is 16.6 Å². The van der Waals surface area contributed by atoms with E-state index in [1.165, 1.54) is 5.56 Å². The molecule has 0 saturated heterocycles. The zero-order valence-corrected chi connectivity index (χ0v) is 15.9. The fraction of sp³-hybridized carbons (Fsp3) is 0.167. The van der Waals surface area contributed by atoms with Gasteiger partial charge in [0.25, 0.3) is 0 Å². The number of aromatic nitrogens is 4. The van der Waals surface area contributed by atoms with Crippen molar-refractivity contribution in [2.45, 2.75) is 23.1 Å². The average Bonchev–Trinajstić information content (AvgIpc) is 3.24. The SMILES string of the molecule is CC(Sc1nncs1)c1nc2cc(Cl)ccc2n1Cc1ccccc1. The van der Waals surface area contributed by atoms with Gasteiger partial charge in [0.2, 0.25) is 0 Å². The molecule has 126 valence electrons. The maximum absolute atomic E-state index is 6.16. The second kappa shape index (κ2) is 7.15. The van der Waals surface area contributed by atoms with Crippen LogP contribution in [-0.2, 0) is 6.54 Å². The Kier molecular flexibility index (Phi) is 4.74. The van der Waals surface area contributed by atoms with Gasteiger partial charge in [-0.3, -0.25) is 0 Å². The summed E-state index contributed by atoms with van der Waals surface area (Å²) in [5, 5.41) is 8.91. The van der Waals surface area contributed by atoms with Gasteiger partial charge in [-0.25, -0.2) is 4.98 Å². The summed E-state index contributed by atoms with van der Waals surface area (Å²) >= 11 is 9.39. The van der Waals surface area contributed by atoms with E-state index >= 15 is 0 Å². The summed E-state index contributed by atoms with van der Waals surface area (Å²) in [6, 6.07) is 16.3. The Morgan fingerprint density at radius 3 is 2.80 bits per heavy atom. The average molecular weight is 387 g/mol. The van der Waals surface area contributed by atoms with Crippen LogP contribution in [0.15, 0.2) is 58.4 Å². The first-order valence-electron chi connectivity index (χ1n) is 7.83. The van der Waals surface area contributed by atoms with Gasteiger partial charge in [0.15, 0.2) is 4.34 Å². The molecule has 0 aliphatic carbocycles. The molecule has 4 nitrogen and oxygen atoms in total. The molecular weight excluding hydrogens is 372 g/mol. The van der Waals surface area contributed by atoms with Gasteiger partial charge in [-0.2, -0.15) is 0 Å².